The van der Waals surface area contributed by atoms with E-state index in [2.05, 4.69) is 20.9 Å². The first kappa shape index (κ1) is 10.9. The number of aromatic nitrogens is 1. The highest BCUT2D eigenvalue weighted by atomic mass is 79.9. The van der Waals surface area contributed by atoms with E-state index < -0.39 is 11.3 Å². The van der Waals surface area contributed by atoms with Gasteiger partial charge < -0.3 is 10.1 Å². The van der Waals surface area contributed by atoms with Crippen LogP contribution in [0.2, 0.25) is 0 Å². The lowest BCUT2D eigenvalue weighted by molar-refractivity contribution is 0.466. The maximum Gasteiger partial charge on any atom is 0.290 e. The van der Waals surface area contributed by atoms with Crippen molar-refractivity contribution in [3.63, 3.8) is 0 Å². The van der Waals surface area contributed by atoms with Gasteiger partial charge in [0.2, 0.25) is 0 Å². The average molecular weight is 284 g/mol. The Morgan fingerprint density at radius 3 is 2.75 bits per heavy atom. The second-order valence-corrected chi connectivity index (χ2v) is 4.01. The maximum absolute atomic E-state index is 13.0. The Hall–Kier alpha value is -1.62. The smallest absolute Gasteiger partial charge is 0.290 e. The summed E-state index contributed by atoms with van der Waals surface area (Å²) in [5.41, 5.74) is 0.502. The Labute approximate surface area is 98.7 Å². The number of pyridine rings is 1. The van der Waals surface area contributed by atoms with Gasteiger partial charge in [-0.15, -0.1) is 0 Å². The van der Waals surface area contributed by atoms with Crippen LogP contribution in [-0.4, -0.2) is 10.1 Å². The standard InChI is InChI=1S/C11H7BrFNO2/c12-10-8(5-9(15)11(16)14-10)6-2-1-3-7(13)4-6/h1-5,15H,(H,14,16). The van der Waals surface area contributed by atoms with Crippen molar-refractivity contribution in [2.45, 2.75) is 0 Å². The Bertz CT molecular complexity index is 595. The van der Waals surface area contributed by atoms with Crippen LogP contribution >= 0.6 is 15.9 Å². The molecule has 0 atom stereocenters. The van der Waals surface area contributed by atoms with Gasteiger partial charge in [-0.1, -0.05) is 12.1 Å². The van der Waals surface area contributed by atoms with E-state index >= 15 is 0 Å². The van der Waals surface area contributed by atoms with Crippen LogP contribution in [0.4, 0.5) is 4.39 Å². The Balaban J connectivity index is 2.65. The van der Waals surface area contributed by atoms with Gasteiger partial charge in [-0.05, 0) is 39.7 Å². The fourth-order valence-corrected chi connectivity index (χ4v) is 1.89. The van der Waals surface area contributed by atoms with E-state index in [0.29, 0.717) is 15.7 Å². The molecular weight excluding hydrogens is 277 g/mol. The van der Waals surface area contributed by atoms with Gasteiger partial charge in [-0.25, -0.2) is 4.39 Å². The molecule has 82 valence electrons. The van der Waals surface area contributed by atoms with Crippen LogP contribution in [0.5, 0.6) is 5.75 Å². The number of hydrogen-bond acceptors (Lipinski definition) is 2. The molecular formula is C11H7BrFNO2. The van der Waals surface area contributed by atoms with Gasteiger partial charge in [-0.3, -0.25) is 4.79 Å². The molecule has 0 aliphatic carbocycles. The van der Waals surface area contributed by atoms with Crippen LogP contribution in [-0.2, 0) is 0 Å². The fraction of sp³-hybridized carbons (Fsp3) is 0. The van der Waals surface area contributed by atoms with Crippen LogP contribution in [0.1, 0.15) is 0 Å². The topological polar surface area (TPSA) is 53.1 Å². The molecule has 0 radical (unpaired) electrons. The van der Waals surface area contributed by atoms with Crippen molar-refractivity contribution in [1.82, 2.24) is 4.98 Å². The minimum atomic E-state index is -0.591. The Morgan fingerprint density at radius 1 is 1.31 bits per heavy atom. The van der Waals surface area contributed by atoms with E-state index in [0.717, 1.165) is 0 Å². The van der Waals surface area contributed by atoms with Crippen LogP contribution in [0, 0.1) is 5.82 Å². The molecule has 2 aromatic rings. The summed E-state index contributed by atoms with van der Waals surface area (Å²) in [6, 6.07) is 7.17. The molecule has 0 saturated heterocycles. The molecule has 1 aromatic carbocycles. The highest BCUT2D eigenvalue weighted by Gasteiger charge is 2.08. The molecule has 2 rings (SSSR count). The third-order valence-corrected chi connectivity index (χ3v) is 2.73. The summed E-state index contributed by atoms with van der Waals surface area (Å²) >= 11 is 3.15. The SMILES string of the molecule is O=c1[nH]c(Br)c(-c2cccc(F)c2)cc1O. The summed E-state index contributed by atoms with van der Waals surface area (Å²) in [5.74, 6) is -0.780. The van der Waals surface area contributed by atoms with Crippen LogP contribution in [0.25, 0.3) is 11.1 Å². The minimum absolute atomic E-state index is 0.380. The van der Waals surface area contributed by atoms with Crippen molar-refractivity contribution in [3.05, 3.63) is 51.1 Å². The monoisotopic (exact) mass is 283 g/mol. The van der Waals surface area contributed by atoms with Crippen LogP contribution < -0.4 is 5.56 Å². The molecule has 0 aliphatic rings. The maximum atomic E-state index is 13.0. The molecule has 1 aromatic heterocycles. The second-order valence-electron chi connectivity index (χ2n) is 3.22. The molecule has 0 unspecified atom stereocenters. The zero-order valence-corrected chi connectivity index (χ0v) is 9.58. The zero-order chi connectivity index (χ0) is 11.7. The van der Waals surface area contributed by atoms with Crippen molar-refractivity contribution in [2.24, 2.45) is 0 Å². The van der Waals surface area contributed by atoms with E-state index in [1.165, 1.54) is 18.2 Å². The first-order chi connectivity index (χ1) is 7.58. The van der Waals surface area contributed by atoms with Gasteiger partial charge in [0.25, 0.3) is 5.56 Å². The van der Waals surface area contributed by atoms with E-state index in [4.69, 9.17) is 0 Å². The zero-order valence-electron chi connectivity index (χ0n) is 8.00. The van der Waals surface area contributed by atoms with Gasteiger partial charge in [0.15, 0.2) is 5.75 Å². The van der Waals surface area contributed by atoms with E-state index in [1.54, 1.807) is 12.1 Å². The van der Waals surface area contributed by atoms with Gasteiger partial charge in [0.05, 0.1) is 4.60 Å². The normalized spacial score (nSPS) is 10.4. The molecule has 2 N–H and O–H groups in total. The molecule has 1 heterocycles. The second kappa shape index (κ2) is 4.09. The van der Waals surface area contributed by atoms with Gasteiger partial charge in [0, 0.05) is 5.56 Å². The number of H-pyrrole nitrogens is 1. The van der Waals surface area contributed by atoms with E-state index in [9.17, 15) is 14.3 Å². The van der Waals surface area contributed by atoms with Crippen molar-refractivity contribution >= 4 is 15.9 Å². The van der Waals surface area contributed by atoms with E-state index in [1.807, 2.05) is 0 Å². The summed E-state index contributed by atoms with van der Waals surface area (Å²) in [5, 5.41) is 9.30. The predicted molar refractivity (Wildman–Crippen MR) is 61.8 cm³/mol. The molecule has 0 bridgehead atoms. The Morgan fingerprint density at radius 2 is 2.06 bits per heavy atom. The molecule has 0 saturated carbocycles. The number of benzene rings is 1. The summed E-state index contributed by atoms with van der Waals surface area (Å²) in [6.45, 7) is 0. The molecule has 16 heavy (non-hydrogen) atoms. The third kappa shape index (κ3) is 1.99. The van der Waals surface area contributed by atoms with Crippen molar-refractivity contribution in [1.29, 1.82) is 0 Å². The fourth-order valence-electron chi connectivity index (χ4n) is 1.36. The van der Waals surface area contributed by atoms with E-state index in [-0.39, 0.29) is 5.82 Å². The highest BCUT2D eigenvalue weighted by molar-refractivity contribution is 9.10. The van der Waals surface area contributed by atoms with Crippen LogP contribution in [0.15, 0.2) is 39.7 Å². The number of rotatable bonds is 1. The number of hydrogen-bond donors (Lipinski definition) is 2. The molecule has 0 amide bonds. The third-order valence-electron chi connectivity index (χ3n) is 2.11. The summed E-state index contributed by atoms with van der Waals surface area (Å²) in [7, 11) is 0. The molecule has 3 nitrogen and oxygen atoms in total. The lowest BCUT2D eigenvalue weighted by Gasteiger charge is -2.05. The molecule has 0 spiro atoms. The van der Waals surface area contributed by atoms with Crippen LogP contribution in [0.3, 0.4) is 0 Å². The van der Waals surface area contributed by atoms with Gasteiger partial charge in [0.1, 0.15) is 5.82 Å². The predicted octanol–water partition coefficient (Wildman–Crippen LogP) is 2.65. The van der Waals surface area contributed by atoms with Crippen molar-refractivity contribution in [3.8, 4) is 16.9 Å². The summed E-state index contributed by atoms with van der Waals surface area (Å²) in [6.07, 6.45) is 0. The molecule has 5 heteroatoms. The molecule has 0 aliphatic heterocycles. The largest absolute Gasteiger partial charge is 0.503 e. The summed E-state index contributed by atoms with van der Waals surface area (Å²) < 4.78 is 13.4. The number of aromatic hydroxyl groups is 1. The first-order valence-corrected chi connectivity index (χ1v) is 5.25. The summed E-state index contributed by atoms with van der Waals surface area (Å²) in [4.78, 5) is 13.5. The lowest BCUT2D eigenvalue weighted by atomic mass is 10.1. The van der Waals surface area contributed by atoms with Crippen molar-refractivity contribution in [2.75, 3.05) is 0 Å². The number of halogens is 2. The van der Waals surface area contributed by atoms with Gasteiger partial charge >= 0.3 is 0 Å². The molecule has 0 fully saturated rings. The van der Waals surface area contributed by atoms with Crippen molar-refractivity contribution < 1.29 is 9.50 Å². The van der Waals surface area contributed by atoms with Gasteiger partial charge in [-0.2, -0.15) is 0 Å². The highest BCUT2D eigenvalue weighted by Crippen LogP contribution is 2.27. The lowest BCUT2D eigenvalue weighted by Crippen LogP contribution is -2.05. The first-order valence-electron chi connectivity index (χ1n) is 4.45. The average Bonchev–Trinajstić information content (AvgIpc) is 2.23. The number of nitrogens with one attached hydrogen (secondary N) is 1. The minimum Gasteiger partial charge on any atom is -0.503 e. The Kier molecular flexibility index (Phi) is 2.78. The number of aromatic amines is 1. The quantitative estimate of drug-likeness (QED) is 0.791.